The average molecular weight is 408 g/mol. The summed E-state index contributed by atoms with van der Waals surface area (Å²) in [5.41, 5.74) is 2.49. The Morgan fingerprint density at radius 2 is 2.03 bits per heavy atom. The van der Waals surface area contributed by atoms with Crippen LogP contribution in [0.3, 0.4) is 0 Å². The Balaban J connectivity index is 1.68. The number of aromatic nitrogens is 5. The molecule has 3 rings (SSSR count). The maximum Gasteiger partial charge on any atom is 0.453 e. The molecule has 0 bridgehead atoms. The molecule has 3 aromatic rings. The van der Waals surface area contributed by atoms with E-state index >= 15 is 0 Å². The lowest BCUT2D eigenvalue weighted by Crippen LogP contribution is -2.23. The number of alkyl halides is 3. The van der Waals surface area contributed by atoms with Crippen molar-refractivity contribution in [3.8, 4) is 5.88 Å². The summed E-state index contributed by atoms with van der Waals surface area (Å²) >= 11 is 0. The van der Waals surface area contributed by atoms with Gasteiger partial charge in [-0.25, -0.2) is 14.5 Å². The number of hydrogen-bond donors (Lipinski definition) is 1. The molecule has 0 unspecified atom stereocenters. The van der Waals surface area contributed by atoms with E-state index in [1.54, 1.807) is 32.2 Å². The number of carbonyl (C=O) groups excluding carboxylic acids is 1. The number of carbonyl (C=O) groups is 1. The smallest absolute Gasteiger partial charge is 0.453 e. The zero-order valence-electron chi connectivity index (χ0n) is 16.0. The molecule has 1 N–H and O–H groups in total. The van der Waals surface area contributed by atoms with Gasteiger partial charge >= 0.3 is 6.18 Å². The fourth-order valence-electron chi connectivity index (χ4n) is 2.89. The predicted octanol–water partition coefficient (Wildman–Crippen LogP) is 2.41. The minimum Gasteiger partial charge on any atom is -0.481 e. The molecule has 8 nitrogen and oxygen atoms in total. The highest BCUT2D eigenvalue weighted by Gasteiger charge is 2.36. The molecular formula is C18H19F3N6O2. The van der Waals surface area contributed by atoms with Crippen molar-refractivity contribution in [2.45, 2.75) is 39.4 Å². The number of pyridine rings is 1. The number of methoxy groups -OCH3 is 1. The topological polar surface area (TPSA) is 94.3 Å². The van der Waals surface area contributed by atoms with E-state index < -0.39 is 12.0 Å². The van der Waals surface area contributed by atoms with E-state index in [1.165, 1.54) is 7.11 Å². The van der Waals surface area contributed by atoms with Gasteiger partial charge in [0.1, 0.15) is 0 Å². The van der Waals surface area contributed by atoms with E-state index in [9.17, 15) is 18.0 Å². The van der Waals surface area contributed by atoms with Gasteiger partial charge in [0.25, 0.3) is 11.6 Å². The second-order valence-electron chi connectivity index (χ2n) is 6.39. The fourth-order valence-corrected chi connectivity index (χ4v) is 2.89. The second kappa shape index (κ2) is 8.02. The lowest BCUT2D eigenvalue weighted by atomic mass is 10.1. The number of aryl methyl sites for hydroxylation is 2. The Morgan fingerprint density at radius 1 is 1.28 bits per heavy atom. The summed E-state index contributed by atoms with van der Waals surface area (Å²) in [6.07, 6.45) is -2.60. The van der Waals surface area contributed by atoms with Crippen LogP contribution in [0.25, 0.3) is 5.78 Å². The molecule has 1 amide bonds. The largest absolute Gasteiger partial charge is 0.481 e. The summed E-state index contributed by atoms with van der Waals surface area (Å²) in [4.78, 5) is 23.7. The first kappa shape index (κ1) is 20.5. The summed E-state index contributed by atoms with van der Waals surface area (Å²) in [6, 6.07) is 3.48. The number of hydrogen-bond acceptors (Lipinski definition) is 6. The molecule has 0 aromatic carbocycles. The van der Waals surface area contributed by atoms with E-state index in [4.69, 9.17) is 4.74 Å². The Morgan fingerprint density at radius 3 is 2.72 bits per heavy atom. The quantitative estimate of drug-likeness (QED) is 0.673. The molecule has 3 aromatic heterocycles. The Kier molecular flexibility index (Phi) is 5.66. The van der Waals surface area contributed by atoms with Crippen LogP contribution >= 0.6 is 0 Å². The average Bonchev–Trinajstić information content (AvgIpc) is 3.11. The molecule has 0 radical (unpaired) electrons. The van der Waals surface area contributed by atoms with Gasteiger partial charge in [0.2, 0.25) is 11.8 Å². The number of amides is 1. The highest BCUT2D eigenvalue weighted by atomic mass is 19.4. The predicted molar refractivity (Wildman–Crippen MR) is 96.2 cm³/mol. The van der Waals surface area contributed by atoms with Crippen LogP contribution in [0.15, 0.2) is 18.3 Å². The second-order valence-corrected chi connectivity index (χ2v) is 6.39. The van der Waals surface area contributed by atoms with E-state index in [0.717, 1.165) is 10.1 Å². The summed E-state index contributed by atoms with van der Waals surface area (Å²) in [5, 5.41) is 6.30. The molecule has 0 aliphatic rings. The number of rotatable bonds is 6. The molecule has 0 saturated carbocycles. The van der Waals surface area contributed by atoms with Crippen molar-refractivity contribution in [1.82, 2.24) is 29.9 Å². The summed E-state index contributed by atoms with van der Waals surface area (Å²) in [5.74, 6) is -1.11. The van der Waals surface area contributed by atoms with E-state index in [-0.39, 0.29) is 18.1 Å². The normalized spacial score (nSPS) is 11.7. The van der Waals surface area contributed by atoms with E-state index in [0.29, 0.717) is 35.8 Å². The first-order chi connectivity index (χ1) is 13.7. The summed E-state index contributed by atoms with van der Waals surface area (Å²) in [7, 11) is 1.51. The van der Waals surface area contributed by atoms with Gasteiger partial charge in [0.15, 0.2) is 0 Å². The third-order valence-corrected chi connectivity index (χ3v) is 4.40. The van der Waals surface area contributed by atoms with Crippen LogP contribution in [0.4, 0.5) is 13.2 Å². The number of nitrogens with one attached hydrogen (secondary N) is 1. The Bertz CT molecular complexity index is 1050. The molecule has 0 aliphatic heterocycles. The van der Waals surface area contributed by atoms with Crippen molar-refractivity contribution in [1.29, 1.82) is 0 Å². The lowest BCUT2D eigenvalue weighted by molar-refractivity contribution is -0.144. The van der Waals surface area contributed by atoms with Crippen molar-refractivity contribution in [3.63, 3.8) is 0 Å². The molecule has 0 aliphatic carbocycles. The van der Waals surface area contributed by atoms with Crippen LogP contribution in [0.5, 0.6) is 5.88 Å². The first-order valence-electron chi connectivity index (χ1n) is 8.74. The standard InChI is InChI=1S/C18H19F3N6O2/c1-10-13(11(2)27-17(24-10)25-16(26-27)18(19,20)21)4-5-14(28)23-9-12-6-7-22-15(8-12)29-3/h6-8H,4-5,9H2,1-3H3,(H,23,28). The van der Waals surface area contributed by atoms with Gasteiger partial charge in [-0.3, -0.25) is 4.79 Å². The maximum atomic E-state index is 12.9. The molecule has 0 atom stereocenters. The molecular weight excluding hydrogens is 389 g/mol. The van der Waals surface area contributed by atoms with Crippen LogP contribution in [0.1, 0.15) is 34.8 Å². The van der Waals surface area contributed by atoms with Crippen LogP contribution < -0.4 is 10.1 Å². The molecule has 11 heteroatoms. The van der Waals surface area contributed by atoms with Crippen molar-refractivity contribution >= 4 is 11.7 Å². The number of nitrogens with zero attached hydrogens (tertiary/aromatic N) is 5. The Labute approximate surface area is 164 Å². The van der Waals surface area contributed by atoms with Crippen LogP contribution in [0.2, 0.25) is 0 Å². The number of halogens is 3. The van der Waals surface area contributed by atoms with Gasteiger partial charge in [0.05, 0.1) is 7.11 Å². The van der Waals surface area contributed by atoms with Crippen LogP contribution in [0, 0.1) is 13.8 Å². The van der Waals surface area contributed by atoms with Gasteiger partial charge < -0.3 is 10.1 Å². The first-order valence-corrected chi connectivity index (χ1v) is 8.74. The van der Waals surface area contributed by atoms with Crippen LogP contribution in [-0.2, 0) is 23.9 Å². The van der Waals surface area contributed by atoms with Crippen molar-refractivity contribution in [2.24, 2.45) is 0 Å². The monoisotopic (exact) mass is 408 g/mol. The molecule has 29 heavy (non-hydrogen) atoms. The summed E-state index contributed by atoms with van der Waals surface area (Å²) < 4.78 is 44.7. The maximum absolute atomic E-state index is 12.9. The molecule has 3 heterocycles. The highest BCUT2D eigenvalue weighted by molar-refractivity contribution is 5.76. The zero-order valence-corrected chi connectivity index (χ0v) is 16.0. The molecule has 154 valence electrons. The van der Waals surface area contributed by atoms with Gasteiger partial charge in [-0.05, 0) is 37.5 Å². The van der Waals surface area contributed by atoms with Gasteiger partial charge in [-0.2, -0.15) is 18.2 Å². The molecule has 0 saturated heterocycles. The number of fused-ring (bicyclic) bond motifs is 1. The molecule has 0 fully saturated rings. The van der Waals surface area contributed by atoms with E-state index in [2.05, 4.69) is 25.4 Å². The van der Waals surface area contributed by atoms with Crippen molar-refractivity contribution in [3.05, 3.63) is 46.7 Å². The minimum absolute atomic E-state index is 0.118. The van der Waals surface area contributed by atoms with E-state index in [1.807, 2.05) is 0 Å². The SMILES string of the molecule is COc1cc(CNC(=O)CCc2c(C)nc3nc(C(F)(F)F)nn3c2C)ccn1. The third-order valence-electron chi connectivity index (χ3n) is 4.40. The van der Waals surface area contributed by atoms with Crippen molar-refractivity contribution < 1.29 is 22.7 Å². The van der Waals surface area contributed by atoms with Crippen molar-refractivity contribution in [2.75, 3.05) is 7.11 Å². The fraction of sp³-hybridized carbons (Fsp3) is 0.389. The lowest BCUT2D eigenvalue weighted by Gasteiger charge is -2.11. The summed E-state index contributed by atoms with van der Waals surface area (Å²) in [6.45, 7) is 3.61. The third kappa shape index (κ3) is 4.61. The highest BCUT2D eigenvalue weighted by Crippen LogP contribution is 2.27. The Hall–Kier alpha value is -3.24. The zero-order chi connectivity index (χ0) is 21.2. The van der Waals surface area contributed by atoms with Gasteiger partial charge in [-0.1, -0.05) is 0 Å². The molecule has 0 spiro atoms. The van der Waals surface area contributed by atoms with Crippen LogP contribution in [-0.4, -0.2) is 37.6 Å². The van der Waals surface area contributed by atoms with Gasteiger partial charge in [0, 0.05) is 36.6 Å². The van der Waals surface area contributed by atoms with Gasteiger partial charge in [-0.15, -0.1) is 5.10 Å². The number of ether oxygens (including phenoxy) is 1. The minimum atomic E-state index is -4.65.